The van der Waals surface area contributed by atoms with Gasteiger partial charge in [0.15, 0.2) is 24.1 Å². The number of hydrogen-bond acceptors (Lipinski definition) is 7. The average molecular weight is 454 g/mol. The van der Waals surface area contributed by atoms with Crippen molar-refractivity contribution >= 4 is 29.3 Å². The maximum atomic E-state index is 14.5. The average Bonchev–Trinajstić information content (AvgIpc) is 3.36. The summed E-state index contributed by atoms with van der Waals surface area (Å²) in [4.78, 5) is 16.2. The molecule has 0 spiro atoms. The van der Waals surface area contributed by atoms with Crippen LogP contribution in [-0.4, -0.2) is 72.5 Å². The third-order valence-electron chi connectivity index (χ3n) is 5.40. The van der Waals surface area contributed by atoms with Crippen LogP contribution in [0.5, 0.6) is 5.75 Å². The molecule has 0 amide bonds. The van der Waals surface area contributed by atoms with Gasteiger partial charge in [-0.25, -0.2) is 14.4 Å². The molecule has 9 nitrogen and oxygen atoms in total. The van der Waals surface area contributed by atoms with Crippen molar-refractivity contribution in [3.05, 3.63) is 53.4 Å². The topological polar surface area (TPSA) is 94.3 Å². The zero-order chi connectivity index (χ0) is 23.4. The second kappa shape index (κ2) is 9.86. The van der Waals surface area contributed by atoms with Crippen molar-refractivity contribution in [3.8, 4) is 5.75 Å². The lowest BCUT2D eigenvalue weighted by molar-refractivity contribution is 0.214. The molecule has 2 aromatic heterocycles. The molecule has 0 bridgehead atoms. The highest BCUT2D eigenvalue weighted by atomic mass is 19.1. The van der Waals surface area contributed by atoms with Crippen molar-refractivity contribution in [2.24, 2.45) is 9.98 Å². The van der Waals surface area contributed by atoms with Crippen LogP contribution in [0, 0.1) is 19.7 Å². The Kier molecular flexibility index (Phi) is 6.74. The van der Waals surface area contributed by atoms with Crippen LogP contribution in [-0.2, 0) is 0 Å². The Balaban J connectivity index is 1.54. The Hall–Kier alpha value is -3.66. The number of aromatic amines is 1. The van der Waals surface area contributed by atoms with E-state index in [2.05, 4.69) is 49.0 Å². The number of nitrogens with zero attached hydrogens (tertiary/aromatic N) is 5. The minimum atomic E-state index is -0.437. The number of piperazine rings is 1. The third kappa shape index (κ3) is 5.58. The fourth-order valence-electron chi connectivity index (χ4n) is 3.63. The number of amidine groups is 1. The summed E-state index contributed by atoms with van der Waals surface area (Å²) in [5, 5.41) is 7.89. The number of halogens is 1. The van der Waals surface area contributed by atoms with Crippen LogP contribution < -0.4 is 10.1 Å². The number of nitrogens with one attached hydrogen (secondary N) is 2. The zero-order valence-corrected chi connectivity index (χ0v) is 19.1. The van der Waals surface area contributed by atoms with Crippen molar-refractivity contribution in [3.63, 3.8) is 0 Å². The van der Waals surface area contributed by atoms with E-state index in [9.17, 15) is 4.39 Å². The van der Waals surface area contributed by atoms with Gasteiger partial charge in [0.2, 0.25) is 0 Å². The third-order valence-corrected chi connectivity index (χ3v) is 5.40. The molecule has 3 aromatic rings. The molecule has 1 aliphatic heterocycles. The van der Waals surface area contributed by atoms with Gasteiger partial charge in [-0.15, -0.1) is 0 Å². The molecule has 2 N–H and O–H groups in total. The number of aryl methyl sites for hydroxylation is 2. The maximum Gasteiger partial charge on any atom is 0.181 e. The summed E-state index contributed by atoms with van der Waals surface area (Å²) >= 11 is 0. The molecule has 0 atom stereocenters. The van der Waals surface area contributed by atoms with Crippen LogP contribution in [0.4, 0.5) is 10.2 Å². The predicted octanol–water partition coefficient (Wildman–Crippen LogP) is 3.55. The molecular formula is C23H28FN7O2. The first kappa shape index (κ1) is 22.5. The van der Waals surface area contributed by atoms with Crippen LogP contribution in [0.2, 0.25) is 0 Å². The molecule has 1 aromatic carbocycles. The van der Waals surface area contributed by atoms with E-state index in [1.807, 2.05) is 19.9 Å². The Labute approximate surface area is 191 Å². The lowest BCUT2D eigenvalue weighted by atomic mass is 10.2. The van der Waals surface area contributed by atoms with Crippen molar-refractivity contribution in [1.82, 2.24) is 19.9 Å². The number of benzene rings is 1. The quantitative estimate of drug-likeness (QED) is 0.420. The van der Waals surface area contributed by atoms with E-state index in [1.165, 1.54) is 6.07 Å². The Morgan fingerprint density at radius 2 is 2.06 bits per heavy atom. The highest BCUT2D eigenvalue weighted by Gasteiger charge is 2.17. The molecule has 4 rings (SSSR count). The first-order valence-electron chi connectivity index (χ1n) is 10.7. The van der Waals surface area contributed by atoms with Gasteiger partial charge in [0, 0.05) is 61.0 Å². The van der Waals surface area contributed by atoms with Gasteiger partial charge in [0.1, 0.15) is 17.4 Å². The number of ether oxygens (including phenoxy) is 1. The Bertz CT molecular complexity index is 1190. The first-order chi connectivity index (χ1) is 15.9. The lowest BCUT2D eigenvalue weighted by Gasteiger charge is -2.33. The molecule has 1 saturated heterocycles. The molecule has 0 unspecified atom stereocenters. The Morgan fingerprint density at radius 1 is 1.27 bits per heavy atom. The van der Waals surface area contributed by atoms with Crippen LogP contribution in [0.15, 0.2) is 50.7 Å². The van der Waals surface area contributed by atoms with Gasteiger partial charge in [-0.2, -0.15) is 0 Å². The summed E-state index contributed by atoms with van der Waals surface area (Å²) in [6.45, 7) is 10.7. The number of likely N-dealkylation sites (N-methyl/N-ethyl adjacent to an activating group) is 1. The van der Waals surface area contributed by atoms with E-state index >= 15 is 0 Å². The summed E-state index contributed by atoms with van der Waals surface area (Å²) in [6, 6.07) is 6.82. The van der Waals surface area contributed by atoms with E-state index in [1.54, 1.807) is 18.2 Å². The van der Waals surface area contributed by atoms with Gasteiger partial charge < -0.3 is 29.4 Å². The van der Waals surface area contributed by atoms with Crippen LogP contribution in [0.25, 0.3) is 10.9 Å². The highest BCUT2D eigenvalue weighted by molar-refractivity contribution is 5.94. The monoisotopic (exact) mass is 453 g/mol. The predicted molar refractivity (Wildman–Crippen MR) is 127 cm³/mol. The number of anilines is 1. The number of fused-ring (bicyclic) bond motifs is 1. The summed E-state index contributed by atoms with van der Waals surface area (Å²) < 4.78 is 25.3. The van der Waals surface area contributed by atoms with Crippen molar-refractivity contribution < 1.29 is 13.7 Å². The maximum absolute atomic E-state index is 14.5. The van der Waals surface area contributed by atoms with Gasteiger partial charge >= 0.3 is 0 Å². The molecule has 33 heavy (non-hydrogen) atoms. The normalized spacial score (nSPS) is 15.8. The SMILES string of the molecule is C=N/C(=C\C(=N/COc1cc2cc(C)[nH]c2cc1F)N1CCN(C)CC1)Nc1cc(C)on1. The van der Waals surface area contributed by atoms with E-state index < -0.39 is 5.82 Å². The second-order valence-electron chi connectivity index (χ2n) is 8.04. The standard InChI is InChI=1S/C23H28FN7O2/c1-15-9-17-11-20(18(24)12-19(17)27-15)32-14-26-23(31-7-5-30(4)6-8-31)13-21(25-3)28-22-10-16(2)33-29-22/h9-13,27H,3,5-8,14H2,1-2,4H3,(H,28,29)/b21-13+,26-23+. The van der Waals surface area contributed by atoms with Crippen molar-refractivity contribution in [2.75, 3.05) is 45.3 Å². The number of aliphatic imine (C=N–C) groups is 2. The van der Waals surface area contributed by atoms with Gasteiger partial charge in [0.25, 0.3) is 0 Å². The number of aromatic nitrogens is 2. The van der Waals surface area contributed by atoms with Crippen LogP contribution in [0.3, 0.4) is 0 Å². The minimum Gasteiger partial charge on any atom is -0.468 e. The Morgan fingerprint density at radius 3 is 2.76 bits per heavy atom. The summed E-state index contributed by atoms with van der Waals surface area (Å²) in [5.74, 6) is 2.06. The number of rotatable bonds is 7. The molecule has 1 aliphatic rings. The molecule has 174 valence electrons. The van der Waals surface area contributed by atoms with Gasteiger partial charge in [-0.05, 0) is 39.7 Å². The molecule has 0 radical (unpaired) electrons. The van der Waals surface area contributed by atoms with E-state index in [0.717, 1.165) is 42.8 Å². The van der Waals surface area contributed by atoms with Gasteiger partial charge in [0.05, 0.1) is 0 Å². The summed E-state index contributed by atoms with van der Waals surface area (Å²) in [7, 11) is 2.08. The molecule has 3 heterocycles. The minimum absolute atomic E-state index is 0.0442. The first-order valence-corrected chi connectivity index (χ1v) is 10.7. The van der Waals surface area contributed by atoms with Crippen LogP contribution >= 0.6 is 0 Å². The fraction of sp³-hybridized carbons (Fsp3) is 0.348. The molecule has 1 fully saturated rings. The lowest BCUT2D eigenvalue weighted by Crippen LogP contribution is -2.47. The van der Waals surface area contributed by atoms with E-state index in [-0.39, 0.29) is 12.5 Å². The number of H-pyrrole nitrogens is 1. The smallest absolute Gasteiger partial charge is 0.181 e. The van der Waals surface area contributed by atoms with E-state index in [0.29, 0.717) is 23.2 Å². The zero-order valence-electron chi connectivity index (χ0n) is 19.1. The van der Waals surface area contributed by atoms with Gasteiger partial charge in [-0.1, -0.05) is 5.16 Å². The largest absolute Gasteiger partial charge is 0.468 e. The second-order valence-corrected chi connectivity index (χ2v) is 8.04. The van der Waals surface area contributed by atoms with E-state index in [4.69, 9.17) is 9.26 Å². The molecule has 0 saturated carbocycles. The molecule has 0 aliphatic carbocycles. The molecule has 10 heteroatoms. The van der Waals surface area contributed by atoms with Crippen molar-refractivity contribution in [1.29, 1.82) is 0 Å². The summed E-state index contributed by atoms with van der Waals surface area (Å²) in [5.41, 5.74) is 1.69. The summed E-state index contributed by atoms with van der Waals surface area (Å²) in [6.07, 6.45) is 1.78. The van der Waals surface area contributed by atoms with Gasteiger partial charge in [-0.3, -0.25) is 0 Å². The van der Waals surface area contributed by atoms with Crippen LogP contribution in [0.1, 0.15) is 11.5 Å². The number of hydrogen-bond donors (Lipinski definition) is 2. The molecular weight excluding hydrogens is 425 g/mol. The fourth-order valence-corrected chi connectivity index (χ4v) is 3.63. The van der Waals surface area contributed by atoms with Crippen molar-refractivity contribution in [2.45, 2.75) is 13.8 Å². The highest BCUT2D eigenvalue weighted by Crippen LogP contribution is 2.25.